The number of nitrogens with zero attached hydrogens (tertiary/aromatic N) is 3. The summed E-state index contributed by atoms with van der Waals surface area (Å²) < 4.78 is 41.3. The van der Waals surface area contributed by atoms with Gasteiger partial charge >= 0.3 is 0 Å². The molecule has 1 saturated heterocycles. The van der Waals surface area contributed by atoms with Crippen molar-refractivity contribution in [3.63, 3.8) is 0 Å². The summed E-state index contributed by atoms with van der Waals surface area (Å²) in [5, 5.41) is 3.41. The molecule has 2 N–H and O–H groups in total. The van der Waals surface area contributed by atoms with Gasteiger partial charge in [0, 0.05) is 37.2 Å². The lowest BCUT2D eigenvalue weighted by Crippen LogP contribution is -2.39. The van der Waals surface area contributed by atoms with Gasteiger partial charge < -0.3 is 19.7 Å². The molecule has 2 aliphatic rings. The van der Waals surface area contributed by atoms with Crippen LogP contribution in [0, 0.1) is 0 Å². The van der Waals surface area contributed by atoms with E-state index in [4.69, 9.17) is 21.1 Å². The molecular weight excluding hydrogens is 550 g/mol. The lowest BCUT2D eigenvalue weighted by molar-refractivity contribution is 0.204. The molecule has 40 heavy (non-hydrogen) atoms. The number of halogens is 1. The lowest BCUT2D eigenvalue weighted by atomic mass is 9.94. The maximum absolute atomic E-state index is 13.1. The monoisotopic (exact) mass is 585 g/mol. The molecule has 0 amide bonds. The van der Waals surface area contributed by atoms with Gasteiger partial charge in [0.05, 0.1) is 18.0 Å². The van der Waals surface area contributed by atoms with Gasteiger partial charge in [0.1, 0.15) is 33.3 Å². The summed E-state index contributed by atoms with van der Waals surface area (Å²) in [5.41, 5.74) is 1.30. The molecule has 2 heterocycles. The van der Waals surface area contributed by atoms with Gasteiger partial charge in [-0.15, -0.1) is 0 Å². The predicted molar refractivity (Wildman–Crippen MR) is 156 cm³/mol. The van der Waals surface area contributed by atoms with Crippen molar-refractivity contribution in [1.82, 2.24) is 19.6 Å². The molecule has 0 radical (unpaired) electrons. The van der Waals surface area contributed by atoms with Gasteiger partial charge in [-0.2, -0.15) is 0 Å². The van der Waals surface area contributed by atoms with Gasteiger partial charge in [0.2, 0.25) is 10.0 Å². The van der Waals surface area contributed by atoms with Crippen LogP contribution in [-0.4, -0.2) is 61.7 Å². The standard InChI is InChI=1S/C29H36ClN5O4S/c1-19(2)38-26-16-22(39-23-13-14-35(3)18-23)12-11-20(26)15-28-31-17-24(30)29(33-28)32-25-9-4-5-10-27(25)40(36,37)34-21-7-6-8-21/h4-5,9-12,16-17,19,21,23,34H,6-8,13-15,18H2,1-3H3,(H,31,32,33). The largest absolute Gasteiger partial charge is 0.491 e. The Balaban J connectivity index is 1.36. The van der Waals surface area contributed by atoms with Crippen molar-refractivity contribution in [2.45, 2.75) is 69.1 Å². The summed E-state index contributed by atoms with van der Waals surface area (Å²) in [4.78, 5) is 11.5. The zero-order valence-electron chi connectivity index (χ0n) is 23.1. The van der Waals surface area contributed by atoms with Crippen molar-refractivity contribution in [2.24, 2.45) is 0 Å². The topological polar surface area (TPSA) is 106 Å². The molecule has 9 nitrogen and oxygen atoms in total. The predicted octanol–water partition coefficient (Wildman–Crippen LogP) is 5.17. The van der Waals surface area contributed by atoms with Crippen molar-refractivity contribution >= 4 is 33.1 Å². The Hall–Kier alpha value is -2.92. The molecule has 11 heteroatoms. The lowest BCUT2D eigenvalue weighted by Gasteiger charge is -2.26. The third kappa shape index (κ3) is 7.04. The van der Waals surface area contributed by atoms with E-state index in [1.54, 1.807) is 24.3 Å². The average molecular weight is 586 g/mol. The number of para-hydroxylation sites is 1. The highest BCUT2D eigenvalue weighted by molar-refractivity contribution is 7.89. The summed E-state index contributed by atoms with van der Waals surface area (Å²) >= 11 is 6.45. The Bertz CT molecular complexity index is 1450. The quantitative estimate of drug-likeness (QED) is 0.318. The fourth-order valence-electron chi connectivity index (χ4n) is 4.79. The normalized spacial score (nSPS) is 18.1. The van der Waals surface area contributed by atoms with E-state index in [2.05, 4.69) is 32.0 Å². The molecule has 1 aliphatic heterocycles. The van der Waals surface area contributed by atoms with Crippen molar-refractivity contribution in [1.29, 1.82) is 0 Å². The molecule has 1 atom stereocenters. The van der Waals surface area contributed by atoms with Crippen LogP contribution in [0.3, 0.4) is 0 Å². The fraction of sp³-hybridized carbons (Fsp3) is 0.448. The zero-order valence-corrected chi connectivity index (χ0v) is 24.6. The van der Waals surface area contributed by atoms with Gasteiger partial charge in [0.25, 0.3) is 0 Å². The summed E-state index contributed by atoms with van der Waals surface area (Å²) in [6.07, 6.45) is 5.77. The average Bonchev–Trinajstić information content (AvgIpc) is 3.29. The summed E-state index contributed by atoms with van der Waals surface area (Å²) in [6, 6.07) is 12.6. The SMILES string of the molecule is CC(C)Oc1cc(OC2CCN(C)C2)ccc1Cc1ncc(Cl)c(Nc2ccccc2S(=O)(=O)NC2CCC2)n1. The number of sulfonamides is 1. The smallest absolute Gasteiger partial charge is 0.242 e. The van der Waals surface area contributed by atoms with E-state index in [-0.39, 0.29) is 28.2 Å². The van der Waals surface area contributed by atoms with Crippen LogP contribution in [0.2, 0.25) is 5.02 Å². The van der Waals surface area contributed by atoms with Gasteiger partial charge in [-0.25, -0.2) is 23.1 Å². The molecule has 1 unspecified atom stereocenters. The molecule has 5 rings (SSSR count). The van der Waals surface area contributed by atoms with Crippen LogP contribution in [0.15, 0.2) is 53.6 Å². The fourth-order valence-corrected chi connectivity index (χ4v) is 6.39. The van der Waals surface area contributed by atoms with Crippen LogP contribution < -0.4 is 19.5 Å². The highest BCUT2D eigenvalue weighted by Gasteiger charge is 2.27. The van der Waals surface area contributed by atoms with Crippen LogP contribution in [0.4, 0.5) is 11.5 Å². The van der Waals surface area contributed by atoms with Crippen molar-refractivity contribution < 1.29 is 17.9 Å². The van der Waals surface area contributed by atoms with Gasteiger partial charge in [0.15, 0.2) is 5.82 Å². The van der Waals surface area contributed by atoms with E-state index in [0.29, 0.717) is 29.5 Å². The van der Waals surface area contributed by atoms with E-state index in [0.717, 1.165) is 50.1 Å². The summed E-state index contributed by atoms with van der Waals surface area (Å²) in [5.74, 6) is 2.33. The second-order valence-electron chi connectivity index (χ2n) is 10.8. The first kappa shape index (κ1) is 28.6. The Labute approximate surface area is 241 Å². The minimum atomic E-state index is -3.71. The third-order valence-electron chi connectivity index (χ3n) is 7.05. The van der Waals surface area contributed by atoms with Gasteiger partial charge in [-0.1, -0.05) is 36.2 Å². The number of anilines is 2. The van der Waals surface area contributed by atoms with E-state index in [1.165, 1.54) is 6.20 Å². The third-order valence-corrected chi connectivity index (χ3v) is 8.91. The molecule has 3 aromatic rings. The van der Waals surface area contributed by atoms with Crippen molar-refractivity contribution in [3.05, 3.63) is 65.1 Å². The number of benzene rings is 2. The molecular formula is C29H36ClN5O4S. The number of likely N-dealkylation sites (N-methyl/N-ethyl adjacent to an activating group) is 1. The second kappa shape index (κ2) is 12.3. The van der Waals surface area contributed by atoms with E-state index in [9.17, 15) is 8.42 Å². The molecule has 0 bridgehead atoms. The van der Waals surface area contributed by atoms with E-state index < -0.39 is 10.0 Å². The first-order valence-corrected chi connectivity index (χ1v) is 15.6. The Kier molecular flexibility index (Phi) is 8.80. The van der Waals surface area contributed by atoms with Crippen LogP contribution in [-0.2, 0) is 16.4 Å². The molecule has 2 aromatic carbocycles. The number of aromatic nitrogens is 2. The first-order valence-electron chi connectivity index (χ1n) is 13.7. The Morgan fingerprint density at radius 2 is 1.95 bits per heavy atom. The zero-order chi connectivity index (χ0) is 28.3. The summed E-state index contributed by atoms with van der Waals surface area (Å²) in [6.45, 7) is 5.89. The van der Waals surface area contributed by atoms with Gasteiger partial charge in [-0.05, 0) is 58.4 Å². The highest BCUT2D eigenvalue weighted by Crippen LogP contribution is 2.32. The minimum absolute atomic E-state index is 0.0224. The minimum Gasteiger partial charge on any atom is -0.491 e. The Morgan fingerprint density at radius 1 is 1.15 bits per heavy atom. The van der Waals surface area contributed by atoms with Crippen LogP contribution >= 0.6 is 11.6 Å². The van der Waals surface area contributed by atoms with E-state index >= 15 is 0 Å². The van der Waals surface area contributed by atoms with Crippen LogP contribution in [0.5, 0.6) is 11.5 Å². The maximum Gasteiger partial charge on any atom is 0.242 e. The molecule has 1 saturated carbocycles. The van der Waals surface area contributed by atoms with Crippen LogP contribution in [0.25, 0.3) is 0 Å². The second-order valence-corrected chi connectivity index (χ2v) is 12.8. The summed E-state index contributed by atoms with van der Waals surface area (Å²) in [7, 11) is -1.61. The molecule has 1 aromatic heterocycles. The highest BCUT2D eigenvalue weighted by atomic mass is 35.5. The van der Waals surface area contributed by atoms with Crippen molar-refractivity contribution in [2.75, 3.05) is 25.5 Å². The number of hydrogen-bond acceptors (Lipinski definition) is 8. The first-order chi connectivity index (χ1) is 19.2. The van der Waals surface area contributed by atoms with Crippen LogP contribution in [0.1, 0.15) is 50.9 Å². The number of likely N-dealkylation sites (tertiary alicyclic amines) is 1. The number of rotatable bonds is 11. The van der Waals surface area contributed by atoms with Crippen molar-refractivity contribution in [3.8, 4) is 11.5 Å². The number of nitrogens with one attached hydrogen (secondary N) is 2. The molecule has 2 fully saturated rings. The Morgan fingerprint density at radius 3 is 2.65 bits per heavy atom. The van der Waals surface area contributed by atoms with E-state index in [1.807, 2.05) is 32.0 Å². The molecule has 0 spiro atoms. The number of hydrogen-bond donors (Lipinski definition) is 2. The molecule has 1 aliphatic carbocycles. The number of ether oxygens (including phenoxy) is 2. The molecule has 214 valence electrons. The van der Waals surface area contributed by atoms with Gasteiger partial charge in [-0.3, -0.25) is 0 Å². The maximum atomic E-state index is 13.1.